The lowest BCUT2D eigenvalue weighted by Gasteiger charge is -2.09. The molecule has 3 aromatic rings. The zero-order valence-corrected chi connectivity index (χ0v) is 15.2. The summed E-state index contributed by atoms with van der Waals surface area (Å²) in [5, 5.41) is 18.5. The largest absolute Gasteiger partial charge is 0.331 e. The zero-order chi connectivity index (χ0) is 18.6. The minimum atomic E-state index is -0.309. The molecule has 0 aromatic carbocycles. The van der Waals surface area contributed by atoms with Crippen molar-refractivity contribution in [1.82, 2.24) is 34.8 Å². The number of aryl methyl sites for hydroxylation is 2. The first-order valence-corrected chi connectivity index (χ1v) is 9.12. The molecule has 2 N–H and O–H groups in total. The Morgan fingerprint density at radius 3 is 2.96 bits per heavy atom. The number of urea groups is 1. The fourth-order valence-corrected chi connectivity index (χ4v) is 3.22. The Hall–Kier alpha value is -3.23. The van der Waals surface area contributed by atoms with Gasteiger partial charge in [0.05, 0.1) is 12.2 Å². The van der Waals surface area contributed by atoms with Crippen LogP contribution >= 0.6 is 0 Å². The smallest absolute Gasteiger partial charge is 0.320 e. The molecule has 4 heterocycles. The van der Waals surface area contributed by atoms with Gasteiger partial charge in [0.15, 0.2) is 5.82 Å². The van der Waals surface area contributed by atoms with Gasteiger partial charge in [-0.2, -0.15) is 5.10 Å². The van der Waals surface area contributed by atoms with Crippen LogP contribution in [0.25, 0.3) is 11.4 Å². The van der Waals surface area contributed by atoms with Crippen molar-refractivity contribution < 1.29 is 4.79 Å². The Kier molecular flexibility index (Phi) is 4.82. The van der Waals surface area contributed by atoms with E-state index in [0.717, 1.165) is 43.1 Å². The van der Waals surface area contributed by atoms with Crippen LogP contribution in [0.3, 0.4) is 0 Å². The molecular weight excluding hydrogens is 344 g/mol. The van der Waals surface area contributed by atoms with Crippen LogP contribution in [0.2, 0.25) is 0 Å². The number of hydrogen-bond donors (Lipinski definition) is 2. The van der Waals surface area contributed by atoms with Crippen molar-refractivity contribution in [2.45, 2.75) is 38.8 Å². The molecule has 0 saturated heterocycles. The average Bonchev–Trinajstić information content (AvgIpc) is 3.15. The van der Waals surface area contributed by atoms with Gasteiger partial charge in [-0.3, -0.25) is 15.0 Å². The van der Waals surface area contributed by atoms with E-state index in [1.54, 1.807) is 24.0 Å². The quantitative estimate of drug-likeness (QED) is 0.736. The number of rotatable bonds is 4. The Morgan fingerprint density at radius 1 is 1.19 bits per heavy atom. The first-order chi connectivity index (χ1) is 13.2. The molecule has 0 atom stereocenters. The standard InChI is InChI=1S/C18H22N8O/c1-25-16(11-14(24-25)13-7-4-5-9-19-13)21-18(27)20-12-17-23-22-15-8-3-2-6-10-26(15)17/h4-5,7,9,11H,2-3,6,8,10,12H2,1H3,(H2,20,21,27). The van der Waals surface area contributed by atoms with Crippen molar-refractivity contribution in [3.8, 4) is 11.4 Å². The number of aromatic nitrogens is 6. The van der Waals surface area contributed by atoms with Crippen molar-refractivity contribution in [2.24, 2.45) is 7.05 Å². The Morgan fingerprint density at radius 2 is 2.11 bits per heavy atom. The lowest BCUT2D eigenvalue weighted by molar-refractivity contribution is 0.251. The van der Waals surface area contributed by atoms with Gasteiger partial charge in [0.25, 0.3) is 0 Å². The third-order valence-corrected chi connectivity index (χ3v) is 4.64. The van der Waals surface area contributed by atoms with Crippen LogP contribution in [-0.2, 0) is 26.6 Å². The maximum absolute atomic E-state index is 12.3. The normalized spacial score (nSPS) is 13.7. The minimum Gasteiger partial charge on any atom is -0.331 e. The first-order valence-electron chi connectivity index (χ1n) is 9.12. The molecule has 27 heavy (non-hydrogen) atoms. The molecule has 140 valence electrons. The first kappa shape index (κ1) is 17.2. The molecule has 0 bridgehead atoms. The number of hydrogen-bond acceptors (Lipinski definition) is 5. The van der Waals surface area contributed by atoms with Crippen LogP contribution in [0.5, 0.6) is 0 Å². The molecule has 0 aliphatic carbocycles. The van der Waals surface area contributed by atoms with Crippen LogP contribution < -0.4 is 10.6 Å². The Bertz CT molecular complexity index is 930. The SMILES string of the molecule is Cn1nc(-c2ccccn2)cc1NC(=O)NCc1nnc2n1CCCCC2. The highest BCUT2D eigenvalue weighted by molar-refractivity contribution is 5.88. The summed E-state index contributed by atoms with van der Waals surface area (Å²) >= 11 is 0. The van der Waals surface area contributed by atoms with Gasteiger partial charge in [-0.25, -0.2) is 4.79 Å². The summed E-state index contributed by atoms with van der Waals surface area (Å²) in [6, 6.07) is 7.12. The van der Waals surface area contributed by atoms with Crippen LogP contribution in [0, 0.1) is 0 Å². The topological polar surface area (TPSA) is 103 Å². The second-order valence-corrected chi connectivity index (χ2v) is 6.56. The van der Waals surface area contributed by atoms with Crippen molar-refractivity contribution in [1.29, 1.82) is 0 Å². The second kappa shape index (κ2) is 7.56. The van der Waals surface area contributed by atoms with Crippen molar-refractivity contribution in [2.75, 3.05) is 5.32 Å². The second-order valence-electron chi connectivity index (χ2n) is 6.56. The van der Waals surface area contributed by atoms with Gasteiger partial charge >= 0.3 is 6.03 Å². The highest BCUT2D eigenvalue weighted by Gasteiger charge is 2.16. The monoisotopic (exact) mass is 366 g/mol. The molecular formula is C18H22N8O. The van der Waals surface area contributed by atoms with Crippen LogP contribution in [0.4, 0.5) is 10.6 Å². The molecule has 4 rings (SSSR count). The number of nitrogens with one attached hydrogen (secondary N) is 2. The van der Waals surface area contributed by atoms with Crippen LogP contribution in [-0.4, -0.2) is 35.6 Å². The molecule has 1 aliphatic heterocycles. The summed E-state index contributed by atoms with van der Waals surface area (Å²) in [6.45, 7) is 1.25. The zero-order valence-electron chi connectivity index (χ0n) is 15.2. The van der Waals surface area contributed by atoms with Gasteiger partial charge in [0.2, 0.25) is 0 Å². The van der Waals surface area contributed by atoms with E-state index in [1.165, 1.54) is 6.42 Å². The number of anilines is 1. The Labute approximate surface area is 156 Å². The molecule has 9 nitrogen and oxygen atoms in total. The van der Waals surface area contributed by atoms with E-state index in [9.17, 15) is 4.79 Å². The van der Waals surface area contributed by atoms with E-state index < -0.39 is 0 Å². The fraction of sp³-hybridized carbons (Fsp3) is 0.389. The van der Waals surface area contributed by atoms with Crippen molar-refractivity contribution >= 4 is 11.8 Å². The third kappa shape index (κ3) is 3.81. The van der Waals surface area contributed by atoms with Gasteiger partial charge < -0.3 is 9.88 Å². The highest BCUT2D eigenvalue weighted by atomic mass is 16.2. The molecule has 0 radical (unpaired) electrons. The van der Waals surface area contributed by atoms with E-state index in [-0.39, 0.29) is 6.03 Å². The third-order valence-electron chi connectivity index (χ3n) is 4.64. The number of carbonyl (C=O) groups is 1. The molecule has 2 amide bonds. The molecule has 0 saturated carbocycles. The molecule has 1 aliphatic rings. The lowest BCUT2D eigenvalue weighted by atomic mass is 10.2. The van der Waals surface area contributed by atoms with Crippen LogP contribution in [0.15, 0.2) is 30.5 Å². The number of carbonyl (C=O) groups excluding carboxylic acids is 1. The maximum Gasteiger partial charge on any atom is 0.320 e. The fourth-order valence-electron chi connectivity index (χ4n) is 3.22. The van der Waals surface area contributed by atoms with Gasteiger partial charge in [-0.05, 0) is 25.0 Å². The van der Waals surface area contributed by atoms with E-state index in [1.807, 2.05) is 18.2 Å². The van der Waals surface area contributed by atoms with Gasteiger partial charge in [-0.1, -0.05) is 12.5 Å². The molecule has 0 unspecified atom stereocenters. The number of amides is 2. The number of pyridine rings is 1. The van der Waals surface area contributed by atoms with Crippen molar-refractivity contribution in [3.05, 3.63) is 42.1 Å². The highest BCUT2D eigenvalue weighted by Crippen LogP contribution is 2.19. The predicted octanol–water partition coefficient (Wildman–Crippen LogP) is 2.12. The molecule has 3 aromatic heterocycles. The minimum absolute atomic E-state index is 0.309. The van der Waals surface area contributed by atoms with Gasteiger partial charge in [0.1, 0.15) is 17.3 Å². The molecule has 9 heteroatoms. The van der Waals surface area contributed by atoms with E-state index in [2.05, 4.69) is 35.5 Å². The summed E-state index contributed by atoms with van der Waals surface area (Å²) in [4.78, 5) is 16.6. The summed E-state index contributed by atoms with van der Waals surface area (Å²) in [5.74, 6) is 2.39. The van der Waals surface area contributed by atoms with E-state index in [0.29, 0.717) is 18.1 Å². The summed E-state index contributed by atoms with van der Waals surface area (Å²) < 4.78 is 3.74. The van der Waals surface area contributed by atoms with E-state index >= 15 is 0 Å². The number of nitrogens with zero attached hydrogens (tertiary/aromatic N) is 6. The predicted molar refractivity (Wildman–Crippen MR) is 99.9 cm³/mol. The summed E-state index contributed by atoms with van der Waals surface area (Å²) in [6.07, 6.45) is 6.13. The van der Waals surface area contributed by atoms with Crippen molar-refractivity contribution in [3.63, 3.8) is 0 Å². The molecule has 0 fully saturated rings. The maximum atomic E-state index is 12.3. The average molecular weight is 366 g/mol. The lowest BCUT2D eigenvalue weighted by Crippen LogP contribution is -2.30. The van der Waals surface area contributed by atoms with Crippen LogP contribution in [0.1, 0.15) is 30.9 Å². The van der Waals surface area contributed by atoms with Gasteiger partial charge in [-0.15, -0.1) is 10.2 Å². The number of fused-ring (bicyclic) bond motifs is 1. The summed E-state index contributed by atoms with van der Waals surface area (Å²) in [7, 11) is 1.78. The Balaban J connectivity index is 1.39. The summed E-state index contributed by atoms with van der Waals surface area (Å²) in [5.41, 5.74) is 1.46. The molecule has 0 spiro atoms. The van der Waals surface area contributed by atoms with E-state index in [4.69, 9.17) is 0 Å². The van der Waals surface area contributed by atoms with Gasteiger partial charge in [0, 0.05) is 32.3 Å².